The fraction of sp³-hybridized carbons (Fsp3) is 0.938. The second-order valence-electron chi connectivity index (χ2n) is 7.82. The van der Waals surface area contributed by atoms with Crippen LogP contribution in [0.15, 0.2) is 4.99 Å². The Morgan fingerprint density at radius 2 is 1.32 bits per heavy atom. The first kappa shape index (κ1) is 13.3. The Labute approximate surface area is 118 Å². The van der Waals surface area contributed by atoms with E-state index >= 15 is 0 Å². The molecule has 4 fully saturated rings. The number of aliphatic imine (C=N–C) groups is 1. The van der Waals surface area contributed by atoms with Crippen LogP contribution in [0.3, 0.4) is 0 Å². The monoisotopic (exact) mass is 263 g/mol. The van der Waals surface area contributed by atoms with E-state index in [9.17, 15) is 0 Å². The van der Waals surface area contributed by atoms with Crippen LogP contribution in [-0.4, -0.2) is 50.5 Å². The van der Waals surface area contributed by atoms with Gasteiger partial charge in [-0.3, -0.25) is 4.99 Å². The molecule has 0 saturated heterocycles. The van der Waals surface area contributed by atoms with Gasteiger partial charge in [-0.2, -0.15) is 0 Å². The van der Waals surface area contributed by atoms with Crippen LogP contribution in [0, 0.1) is 23.2 Å². The fourth-order valence-electron chi connectivity index (χ4n) is 5.40. The zero-order chi connectivity index (χ0) is 13.6. The first-order valence-corrected chi connectivity index (χ1v) is 7.86. The minimum Gasteiger partial charge on any atom is -0.349 e. The molecule has 0 spiro atoms. The molecule has 4 aliphatic rings. The van der Waals surface area contributed by atoms with Gasteiger partial charge in [0.25, 0.3) is 0 Å². The summed E-state index contributed by atoms with van der Waals surface area (Å²) in [6.45, 7) is 1.06. The predicted molar refractivity (Wildman–Crippen MR) is 80.3 cm³/mol. The number of hydrogen-bond donors (Lipinski definition) is 0. The first-order valence-electron chi connectivity index (χ1n) is 7.86. The van der Waals surface area contributed by atoms with E-state index in [1.54, 1.807) is 0 Å². The summed E-state index contributed by atoms with van der Waals surface area (Å²) in [6, 6.07) is 0. The average molecular weight is 263 g/mol. The van der Waals surface area contributed by atoms with Crippen molar-refractivity contribution in [2.75, 3.05) is 34.7 Å². The van der Waals surface area contributed by atoms with Gasteiger partial charge in [0.05, 0.1) is 0 Å². The molecule has 0 aromatic heterocycles. The molecule has 4 bridgehead atoms. The highest BCUT2D eigenvalue weighted by Gasteiger charge is 2.50. The summed E-state index contributed by atoms with van der Waals surface area (Å²) in [6.07, 6.45) is 8.94. The molecule has 0 aromatic carbocycles. The van der Waals surface area contributed by atoms with Crippen molar-refractivity contribution in [2.45, 2.75) is 38.5 Å². The van der Waals surface area contributed by atoms with Gasteiger partial charge in [-0.1, -0.05) is 0 Å². The Kier molecular flexibility index (Phi) is 3.26. The van der Waals surface area contributed by atoms with Crippen molar-refractivity contribution in [1.82, 2.24) is 9.80 Å². The molecule has 0 unspecified atom stereocenters. The van der Waals surface area contributed by atoms with Gasteiger partial charge >= 0.3 is 0 Å². The highest BCUT2D eigenvalue weighted by Crippen LogP contribution is 2.60. The van der Waals surface area contributed by atoms with Crippen LogP contribution in [0.25, 0.3) is 0 Å². The maximum atomic E-state index is 4.98. The standard InChI is InChI=1S/C16H29N3/c1-18(2)15(19(3)4)17-11-16-8-12-5-13(9-16)7-14(6-12)10-16/h12-14H,5-11H2,1-4H3. The summed E-state index contributed by atoms with van der Waals surface area (Å²) < 4.78 is 0. The van der Waals surface area contributed by atoms with E-state index in [0.29, 0.717) is 5.41 Å². The third-order valence-corrected chi connectivity index (χ3v) is 5.52. The zero-order valence-electron chi connectivity index (χ0n) is 13.0. The highest BCUT2D eigenvalue weighted by atomic mass is 15.3. The van der Waals surface area contributed by atoms with Crippen molar-refractivity contribution in [3.05, 3.63) is 0 Å². The SMILES string of the molecule is CN(C)C(=NCC12CC3CC(CC(C3)C1)C2)N(C)C. The minimum absolute atomic E-state index is 0.562. The smallest absolute Gasteiger partial charge is 0.195 e. The van der Waals surface area contributed by atoms with Crippen molar-refractivity contribution in [3.8, 4) is 0 Å². The Morgan fingerprint density at radius 3 is 1.68 bits per heavy atom. The first-order chi connectivity index (χ1) is 8.97. The van der Waals surface area contributed by atoms with Crippen LogP contribution >= 0.6 is 0 Å². The van der Waals surface area contributed by atoms with Gasteiger partial charge in [-0.05, 0) is 61.7 Å². The zero-order valence-corrected chi connectivity index (χ0v) is 13.0. The lowest BCUT2D eigenvalue weighted by Gasteiger charge is -2.56. The third-order valence-electron chi connectivity index (χ3n) is 5.52. The quantitative estimate of drug-likeness (QED) is 0.563. The summed E-state index contributed by atoms with van der Waals surface area (Å²) in [4.78, 5) is 9.26. The summed E-state index contributed by atoms with van der Waals surface area (Å²) >= 11 is 0. The summed E-state index contributed by atoms with van der Waals surface area (Å²) in [5.41, 5.74) is 0.562. The van der Waals surface area contributed by atoms with E-state index in [4.69, 9.17) is 4.99 Å². The van der Waals surface area contributed by atoms with Crippen LogP contribution < -0.4 is 0 Å². The molecule has 4 saturated carbocycles. The topological polar surface area (TPSA) is 18.8 Å². The molecule has 0 N–H and O–H groups in total. The van der Waals surface area contributed by atoms with Crippen molar-refractivity contribution in [1.29, 1.82) is 0 Å². The molecule has 19 heavy (non-hydrogen) atoms. The van der Waals surface area contributed by atoms with Gasteiger partial charge in [0, 0.05) is 34.7 Å². The van der Waals surface area contributed by atoms with E-state index in [-0.39, 0.29) is 0 Å². The molecule has 3 nitrogen and oxygen atoms in total. The lowest BCUT2D eigenvalue weighted by molar-refractivity contribution is -0.0466. The largest absolute Gasteiger partial charge is 0.349 e. The molecular formula is C16H29N3. The van der Waals surface area contributed by atoms with E-state index in [0.717, 1.165) is 30.3 Å². The Morgan fingerprint density at radius 1 is 0.895 bits per heavy atom. The van der Waals surface area contributed by atoms with Crippen molar-refractivity contribution in [3.63, 3.8) is 0 Å². The lowest BCUT2D eigenvalue weighted by Crippen LogP contribution is -2.48. The summed E-state index contributed by atoms with van der Waals surface area (Å²) in [7, 11) is 8.38. The average Bonchev–Trinajstić information content (AvgIpc) is 2.25. The van der Waals surface area contributed by atoms with Crippen LogP contribution in [0.2, 0.25) is 0 Å². The number of hydrogen-bond acceptors (Lipinski definition) is 1. The van der Waals surface area contributed by atoms with E-state index < -0.39 is 0 Å². The molecule has 0 aliphatic heterocycles. The molecule has 0 radical (unpaired) electrons. The molecule has 0 atom stereocenters. The second-order valence-corrected chi connectivity index (χ2v) is 7.82. The summed E-state index contributed by atoms with van der Waals surface area (Å²) in [5.74, 6) is 4.21. The van der Waals surface area contributed by atoms with Crippen LogP contribution in [0.1, 0.15) is 38.5 Å². The summed E-state index contributed by atoms with van der Waals surface area (Å²) in [5, 5.41) is 0. The molecular weight excluding hydrogens is 234 g/mol. The van der Waals surface area contributed by atoms with Gasteiger partial charge in [0.1, 0.15) is 0 Å². The maximum absolute atomic E-state index is 4.98. The van der Waals surface area contributed by atoms with Crippen molar-refractivity contribution < 1.29 is 0 Å². The molecule has 0 heterocycles. The molecule has 3 heteroatoms. The predicted octanol–water partition coefficient (Wildman–Crippen LogP) is 2.68. The Hall–Kier alpha value is -0.730. The van der Waals surface area contributed by atoms with Crippen LogP contribution in [-0.2, 0) is 0 Å². The number of guanidine groups is 1. The van der Waals surface area contributed by atoms with E-state index in [1.807, 2.05) is 0 Å². The maximum Gasteiger partial charge on any atom is 0.195 e. The third kappa shape index (κ3) is 2.48. The van der Waals surface area contributed by atoms with Gasteiger partial charge < -0.3 is 9.80 Å². The highest BCUT2D eigenvalue weighted by molar-refractivity contribution is 5.79. The van der Waals surface area contributed by atoms with Gasteiger partial charge in [0.15, 0.2) is 5.96 Å². The van der Waals surface area contributed by atoms with Crippen LogP contribution in [0.5, 0.6) is 0 Å². The normalized spacial score (nSPS) is 39.3. The Bertz CT molecular complexity index is 325. The lowest BCUT2D eigenvalue weighted by atomic mass is 9.49. The molecule has 4 aliphatic carbocycles. The fourth-order valence-corrected chi connectivity index (χ4v) is 5.40. The molecule has 108 valence electrons. The molecule has 4 rings (SSSR count). The van der Waals surface area contributed by atoms with Crippen LogP contribution in [0.4, 0.5) is 0 Å². The van der Waals surface area contributed by atoms with Gasteiger partial charge in [0.2, 0.25) is 0 Å². The van der Waals surface area contributed by atoms with E-state index in [1.165, 1.54) is 38.5 Å². The van der Waals surface area contributed by atoms with Gasteiger partial charge in [-0.15, -0.1) is 0 Å². The number of rotatable bonds is 2. The Balaban J connectivity index is 1.74. The van der Waals surface area contributed by atoms with Crippen molar-refractivity contribution in [2.24, 2.45) is 28.2 Å². The van der Waals surface area contributed by atoms with Crippen molar-refractivity contribution >= 4 is 5.96 Å². The second kappa shape index (κ2) is 4.68. The molecule has 0 aromatic rings. The molecule has 0 amide bonds. The number of nitrogens with zero attached hydrogens (tertiary/aromatic N) is 3. The van der Waals surface area contributed by atoms with E-state index in [2.05, 4.69) is 38.0 Å². The minimum atomic E-state index is 0.562. The van der Waals surface area contributed by atoms with Gasteiger partial charge in [-0.25, -0.2) is 0 Å².